The first-order chi connectivity index (χ1) is 15.1. The minimum atomic E-state index is -0.444. The first-order valence-electron chi connectivity index (χ1n) is 13.0. The van der Waals surface area contributed by atoms with Gasteiger partial charge in [0.25, 0.3) is 0 Å². The first-order valence-corrected chi connectivity index (χ1v) is 13.0. The number of rotatable bonds is 7. The molecule has 6 atom stereocenters. The van der Waals surface area contributed by atoms with Crippen molar-refractivity contribution in [2.45, 2.75) is 103 Å². The molecular formula is C27H45NO4. The standard InChI is InChI=1S/C27H45NO4/c1-25(2,21-12-11-19-20(29)9-8-14-26(19,21)3)15-13-22(32-23-10-6-7-18-31-23)27(16-17-27)24(30)28(4)5/h13,15,19-23,29H,6-12,14,16-18H2,1-5H3/b15-13+/t19-,20-,21?,22+,23?,26-/m0/s1. The van der Waals surface area contributed by atoms with Crippen LogP contribution in [0.25, 0.3) is 0 Å². The minimum absolute atomic E-state index is 0.0210. The molecule has 0 spiro atoms. The fraction of sp³-hybridized carbons (Fsp3) is 0.889. The Hall–Kier alpha value is -0.910. The molecule has 5 heteroatoms. The van der Waals surface area contributed by atoms with Gasteiger partial charge in [0.2, 0.25) is 5.91 Å². The number of amides is 1. The van der Waals surface area contributed by atoms with E-state index < -0.39 is 5.41 Å². The molecule has 0 aromatic heterocycles. The van der Waals surface area contributed by atoms with Crippen LogP contribution in [0.2, 0.25) is 0 Å². The van der Waals surface area contributed by atoms with Crippen molar-refractivity contribution < 1.29 is 19.4 Å². The first kappa shape index (κ1) is 24.2. The zero-order valence-electron chi connectivity index (χ0n) is 20.9. The average Bonchev–Trinajstić information content (AvgIpc) is 3.46. The number of hydrogen-bond acceptors (Lipinski definition) is 4. The van der Waals surface area contributed by atoms with Crippen molar-refractivity contribution in [1.29, 1.82) is 0 Å². The summed E-state index contributed by atoms with van der Waals surface area (Å²) in [5, 5.41) is 10.7. The SMILES string of the molecule is CN(C)C(=O)C1([C@@H](/C=C/C(C)(C)C2CC[C@H]3[C@@H](O)CCC[C@]23C)OC2CCCCO2)CC1. The van der Waals surface area contributed by atoms with Crippen LogP contribution in [-0.2, 0) is 14.3 Å². The highest BCUT2D eigenvalue weighted by molar-refractivity contribution is 5.86. The maximum Gasteiger partial charge on any atom is 0.231 e. The molecule has 4 rings (SSSR count). The molecule has 3 aliphatic carbocycles. The molecule has 0 aromatic rings. The quantitative estimate of drug-likeness (QED) is 0.563. The van der Waals surface area contributed by atoms with E-state index in [1.165, 1.54) is 6.42 Å². The summed E-state index contributed by atoms with van der Waals surface area (Å²) < 4.78 is 12.4. The van der Waals surface area contributed by atoms with Crippen LogP contribution in [-0.4, -0.2) is 55.1 Å². The van der Waals surface area contributed by atoms with Crippen molar-refractivity contribution in [3.8, 4) is 0 Å². The van der Waals surface area contributed by atoms with Gasteiger partial charge in [0.15, 0.2) is 6.29 Å². The van der Waals surface area contributed by atoms with Gasteiger partial charge < -0.3 is 19.5 Å². The maximum absolute atomic E-state index is 13.1. The smallest absolute Gasteiger partial charge is 0.231 e. The summed E-state index contributed by atoms with van der Waals surface area (Å²) in [6, 6.07) is 0. The Balaban J connectivity index is 1.55. The van der Waals surface area contributed by atoms with E-state index >= 15 is 0 Å². The summed E-state index contributed by atoms with van der Waals surface area (Å²) in [5.41, 5.74) is -0.280. The van der Waals surface area contributed by atoms with Gasteiger partial charge in [0.05, 0.1) is 17.6 Å². The molecule has 4 fully saturated rings. The van der Waals surface area contributed by atoms with Gasteiger partial charge in [0.1, 0.15) is 0 Å². The lowest BCUT2D eigenvalue weighted by atomic mass is 9.58. The van der Waals surface area contributed by atoms with Gasteiger partial charge in [-0.1, -0.05) is 39.3 Å². The van der Waals surface area contributed by atoms with Crippen LogP contribution < -0.4 is 0 Å². The maximum atomic E-state index is 13.1. The molecule has 1 N–H and O–H groups in total. The summed E-state index contributed by atoms with van der Waals surface area (Å²) in [6.45, 7) is 7.83. The van der Waals surface area contributed by atoms with E-state index in [9.17, 15) is 9.90 Å². The summed E-state index contributed by atoms with van der Waals surface area (Å²) in [7, 11) is 3.69. The Bertz CT molecular complexity index is 706. The van der Waals surface area contributed by atoms with Gasteiger partial charge in [-0.05, 0) is 80.5 Å². The molecule has 2 unspecified atom stereocenters. The molecule has 3 saturated carbocycles. The predicted octanol–water partition coefficient (Wildman–Crippen LogP) is 4.93. The molecule has 1 heterocycles. The molecule has 0 bridgehead atoms. The lowest BCUT2D eigenvalue weighted by molar-refractivity contribution is -0.193. The summed E-state index contributed by atoms with van der Waals surface area (Å²) >= 11 is 0. The second-order valence-electron chi connectivity index (χ2n) is 12.1. The lowest BCUT2D eigenvalue weighted by Crippen LogP contribution is -2.44. The third-order valence-electron chi connectivity index (χ3n) is 9.29. The molecule has 1 aliphatic heterocycles. The third-order valence-corrected chi connectivity index (χ3v) is 9.29. The number of aliphatic hydroxyl groups excluding tert-OH is 1. The Morgan fingerprint density at radius 1 is 1.12 bits per heavy atom. The molecule has 1 saturated heterocycles. The number of ether oxygens (including phenoxy) is 2. The number of aliphatic hydroxyl groups is 1. The fourth-order valence-corrected chi connectivity index (χ4v) is 7.36. The summed E-state index contributed by atoms with van der Waals surface area (Å²) in [4.78, 5) is 14.8. The van der Waals surface area contributed by atoms with Crippen LogP contribution in [0.3, 0.4) is 0 Å². The van der Waals surface area contributed by atoms with E-state index in [0.29, 0.717) is 11.8 Å². The van der Waals surface area contributed by atoms with Crippen LogP contribution >= 0.6 is 0 Å². The molecular weight excluding hydrogens is 402 g/mol. The van der Waals surface area contributed by atoms with Crippen molar-refractivity contribution in [2.24, 2.45) is 28.1 Å². The van der Waals surface area contributed by atoms with Crippen LogP contribution in [0.1, 0.15) is 85.0 Å². The van der Waals surface area contributed by atoms with Crippen LogP contribution in [0.15, 0.2) is 12.2 Å². The Kier molecular flexibility index (Phi) is 6.84. The van der Waals surface area contributed by atoms with E-state index in [1.54, 1.807) is 4.90 Å². The van der Waals surface area contributed by atoms with Gasteiger partial charge in [0, 0.05) is 20.7 Å². The second kappa shape index (κ2) is 9.03. The topological polar surface area (TPSA) is 59.0 Å². The van der Waals surface area contributed by atoms with Gasteiger partial charge in [-0.2, -0.15) is 0 Å². The van der Waals surface area contributed by atoms with Gasteiger partial charge in [-0.15, -0.1) is 0 Å². The Morgan fingerprint density at radius 3 is 2.50 bits per heavy atom. The molecule has 182 valence electrons. The van der Waals surface area contributed by atoms with E-state index in [-0.39, 0.29) is 35.2 Å². The van der Waals surface area contributed by atoms with Crippen molar-refractivity contribution in [3.05, 3.63) is 12.2 Å². The van der Waals surface area contributed by atoms with Crippen LogP contribution in [0.4, 0.5) is 0 Å². The minimum Gasteiger partial charge on any atom is -0.393 e. The second-order valence-corrected chi connectivity index (χ2v) is 12.1. The van der Waals surface area contributed by atoms with E-state index in [4.69, 9.17) is 9.47 Å². The molecule has 0 aromatic carbocycles. The van der Waals surface area contributed by atoms with Crippen molar-refractivity contribution in [1.82, 2.24) is 4.90 Å². The average molecular weight is 448 g/mol. The van der Waals surface area contributed by atoms with Gasteiger partial charge >= 0.3 is 0 Å². The lowest BCUT2D eigenvalue weighted by Gasteiger charge is -2.48. The Morgan fingerprint density at radius 2 is 1.88 bits per heavy atom. The number of fused-ring (bicyclic) bond motifs is 1. The monoisotopic (exact) mass is 447 g/mol. The highest BCUT2D eigenvalue weighted by Gasteiger charge is 2.58. The van der Waals surface area contributed by atoms with Crippen molar-refractivity contribution in [3.63, 3.8) is 0 Å². The van der Waals surface area contributed by atoms with Crippen molar-refractivity contribution >= 4 is 5.91 Å². The molecule has 1 amide bonds. The number of carbonyl (C=O) groups is 1. The van der Waals surface area contributed by atoms with Gasteiger partial charge in [-0.3, -0.25) is 4.79 Å². The molecule has 32 heavy (non-hydrogen) atoms. The predicted molar refractivity (Wildman–Crippen MR) is 126 cm³/mol. The number of nitrogens with zero attached hydrogens (tertiary/aromatic N) is 1. The third kappa shape index (κ3) is 4.42. The normalized spacial score (nSPS) is 37.8. The number of carbonyl (C=O) groups excluding carboxylic acids is 1. The van der Waals surface area contributed by atoms with Crippen LogP contribution in [0, 0.1) is 28.1 Å². The number of allylic oxidation sites excluding steroid dienone is 1. The van der Waals surface area contributed by atoms with Gasteiger partial charge in [-0.25, -0.2) is 0 Å². The summed E-state index contributed by atoms with van der Waals surface area (Å²) in [6.07, 6.45) is 14.3. The molecule has 0 radical (unpaired) electrons. The summed E-state index contributed by atoms with van der Waals surface area (Å²) in [5.74, 6) is 1.11. The zero-order chi connectivity index (χ0) is 23.1. The zero-order valence-corrected chi connectivity index (χ0v) is 20.9. The fourth-order valence-electron chi connectivity index (χ4n) is 7.36. The van der Waals surface area contributed by atoms with E-state index in [2.05, 4.69) is 32.9 Å². The van der Waals surface area contributed by atoms with Crippen molar-refractivity contribution in [2.75, 3.05) is 20.7 Å². The molecule has 4 aliphatic rings. The van der Waals surface area contributed by atoms with E-state index in [1.807, 2.05) is 14.1 Å². The van der Waals surface area contributed by atoms with Crippen LogP contribution in [0.5, 0.6) is 0 Å². The highest BCUT2D eigenvalue weighted by Crippen LogP contribution is 2.61. The number of hydrogen-bond donors (Lipinski definition) is 1. The van der Waals surface area contributed by atoms with E-state index in [0.717, 1.165) is 64.4 Å². The molecule has 5 nitrogen and oxygen atoms in total. The highest BCUT2D eigenvalue weighted by atomic mass is 16.7. The largest absolute Gasteiger partial charge is 0.393 e. The Labute approximate surface area is 194 Å².